The minimum Gasteiger partial charge on any atom is -0.393 e. The fourth-order valence-corrected chi connectivity index (χ4v) is 3.00. The lowest BCUT2D eigenvalue weighted by Crippen LogP contribution is -2.38. The number of nitrogens with zero attached hydrogens (tertiary/aromatic N) is 1. The van der Waals surface area contributed by atoms with Crippen molar-refractivity contribution in [3.63, 3.8) is 0 Å². The molecule has 19 heavy (non-hydrogen) atoms. The molecule has 1 saturated carbocycles. The van der Waals surface area contributed by atoms with Crippen LogP contribution < -0.4 is 5.73 Å². The Bertz CT molecular complexity index is 300. The van der Waals surface area contributed by atoms with E-state index in [1.165, 1.54) is 32.1 Å². The third-order valence-electron chi connectivity index (χ3n) is 4.91. The molecular formula is C16H32N2S. The first-order valence-corrected chi connectivity index (χ1v) is 8.05. The second-order valence-electron chi connectivity index (χ2n) is 7.73. The van der Waals surface area contributed by atoms with E-state index in [4.69, 9.17) is 18.0 Å². The van der Waals surface area contributed by atoms with Gasteiger partial charge in [0.25, 0.3) is 0 Å². The summed E-state index contributed by atoms with van der Waals surface area (Å²) >= 11 is 5.13. The number of hydrogen-bond donors (Lipinski definition) is 1. The van der Waals surface area contributed by atoms with Crippen LogP contribution in [-0.4, -0.2) is 29.5 Å². The van der Waals surface area contributed by atoms with E-state index in [9.17, 15) is 0 Å². The number of nitrogens with two attached hydrogens (primary N) is 1. The second-order valence-corrected chi connectivity index (χ2v) is 8.17. The van der Waals surface area contributed by atoms with Gasteiger partial charge in [0.05, 0.1) is 4.99 Å². The summed E-state index contributed by atoms with van der Waals surface area (Å²) in [5.74, 6) is 0. The monoisotopic (exact) mass is 284 g/mol. The molecule has 0 aromatic rings. The summed E-state index contributed by atoms with van der Waals surface area (Å²) in [6.45, 7) is 10.3. The third-order valence-corrected chi connectivity index (χ3v) is 5.46. The van der Waals surface area contributed by atoms with Crippen LogP contribution in [0.3, 0.4) is 0 Å². The van der Waals surface area contributed by atoms with E-state index in [0.29, 0.717) is 10.4 Å². The molecule has 0 amide bonds. The standard InChI is InChI=1S/C16H32N2S/c1-15(2)10-7-13(8-11-15)18(5)12-6-9-16(3,4)14(17)19/h13H,6-12H2,1-5H3,(H2,17,19). The van der Waals surface area contributed by atoms with Crippen LogP contribution in [0.15, 0.2) is 0 Å². The lowest BCUT2D eigenvalue weighted by molar-refractivity contribution is 0.125. The number of rotatable bonds is 6. The van der Waals surface area contributed by atoms with Crippen molar-refractivity contribution in [2.75, 3.05) is 13.6 Å². The third kappa shape index (κ3) is 5.39. The van der Waals surface area contributed by atoms with Crippen molar-refractivity contribution in [1.82, 2.24) is 4.90 Å². The lowest BCUT2D eigenvalue weighted by Gasteiger charge is -2.39. The fourth-order valence-electron chi connectivity index (χ4n) is 2.90. The molecule has 0 bridgehead atoms. The van der Waals surface area contributed by atoms with Gasteiger partial charge in [0.15, 0.2) is 0 Å². The average molecular weight is 285 g/mol. The Hall–Kier alpha value is -0.150. The summed E-state index contributed by atoms with van der Waals surface area (Å²) in [5, 5.41) is 0. The zero-order valence-corrected chi connectivity index (χ0v) is 14.3. The maximum absolute atomic E-state index is 5.78. The maximum atomic E-state index is 5.78. The van der Waals surface area contributed by atoms with Gasteiger partial charge in [0.2, 0.25) is 0 Å². The molecule has 1 aliphatic carbocycles. The van der Waals surface area contributed by atoms with Crippen molar-refractivity contribution in [2.24, 2.45) is 16.6 Å². The van der Waals surface area contributed by atoms with Gasteiger partial charge in [-0.2, -0.15) is 0 Å². The lowest BCUT2D eigenvalue weighted by atomic mass is 9.75. The predicted octanol–water partition coefficient (Wildman–Crippen LogP) is 3.98. The van der Waals surface area contributed by atoms with E-state index in [0.717, 1.165) is 19.0 Å². The molecule has 1 fully saturated rings. The van der Waals surface area contributed by atoms with Gasteiger partial charge in [-0.15, -0.1) is 0 Å². The Labute approximate surface area is 125 Å². The molecule has 2 nitrogen and oxygen atoms in total. The van der Waals surface area contributed by atoms with Crippen molar-refractivity contribution in [2.45, 2.75) is 72.3 Å². The van der Waals surface area contributed by atoms with Crippen molar-refractivity contribution in [1.29, 1.82) is 0 Å². The first-order valence-electron chi connectivity index (χ1n) is 7.64. The Balaban J connectivity index is 2.29. The molecule has 0 aromatic carbocycles. The van der Waals surface area contributed by atoms with Crippen molar-refractivity contribution < 1.29 is 0 Å². The summed E-state index contributed by atoms with van der Waals surface area (Å²) in [4.78, 5) is 3.19. The van der Waals surface area contributed by atoms with E-state index in [-0.39, 0.29) is 5.41 Å². The zero-order chi connectivity index (χ0) is 14.7. The molecule has 0 aliphatic heterocycles. The fraction of sp³-hybridized carbons (Fsp3) is 0.938. The van der Waals surface area contributed by atoms with E-state index >= 15 is 0 Å². The number of hydrogen-bond acceptors (Lipinski definition) is 2. The van der Waals surface area contributed by atoms with Crippen molar-refractivity contribution in [3.05, 3.63) is 0 Å². The van der Waals surface area contributed by atoms with Gasteiger partial charge in [0, 0.05) is 11.5 Å². The molecule has 2 N–H and O–H groups in total. The van der Waals surface area contributed by atoms with Crippen molar-refractivity contribution in [3.8, 4) is 0 Å². The Morgan fingerprint density at radius 1 is 1.32 bits per heavy atom. The van der Waals surface area contributed by atoms with Gasteiger partial charge in [-0.1, -0.05) is 39.9 Å². The summed E-state index contributed by atoms with van der Waals surface area (Å²) < 4.78 is 0. The normalized spacial score (nSPS) is 20.7. The quantitative estimate of drug-likeness (QED) is 0.748. The van der Waals surface area contributed by atoms with E-state index in [1.807, 2.05) is 0 Å². The minimum absolute atomic E-state index is 0.00469. The van der Waals surface area contributed by atoms with Crippen LogP contribution in [0.25, 0.3) is 0 Å². The predicted molar refractivity (Wildman–Crippen MR) is 88.5 cm³/mol. The van der Waals surface area contributed by atoms with Crippen LogP contribution in [0.4, 0.5) is 0 Å². The molecule has 112 valence electrons. The van der Waals surface area contributed by atoms with Gasteiger partial charge in [0.1, 0.15) is 0 Å². The molecule has 1 aliphatic rings. The highest BCUT2D eigenvalue weighted by molar-refractivity contribution is 7.80. The molecule has 3 heteroatoms. The van der Waals surface area contributed by atoms with Crippen LogP contribution in [-0.2, 0) is 0 Å². The van der Waals surface area contributed by atoms with Gasteiger partial charge >= 0.3 is 0 Å². The topological polar surface area (TPSA) is 29.3 Å². The molecule has 0 saturated heterocycles. The van der Waals surface area contributed by atoms with Gasteiger partial charge in [-0.25, -0.2) is 0 Å². The largest absolute Gasteiger partial charge is 0.393 e. The van der Waals surface area contributed by atoms with E-state index < -0.39 is 0 Å². The van der Waals surface area contributed by atoms with Crippen LogP contribution in [0.5, 0.6) is 0 Å². The molecule has 0 radical (unpaired) electrons. The van der Waals surface area contributed by atoms with Crippen LogP contribution in [0.2, 0.25) is 0 Å². The Morgan fingerprint density at radius 3 is 2.32 bits per heavy atom. The molecule has 0 spiro atoms. The Kier molecular flexibility index (Phi) is 5.81. The summed E-state index contributed by atoms with van der Waals surface area (Å²) in [6.07, 6.45) is 7.69. The smallest absolute Gasteiger partial charge is 0.0784 e. The first kappa shape index (κ1) is 16.9. The molecule has 1 rings (SSSR count). The second kappa shape index (κ2) is 6.53. The maximum Gasteiger partial charge on any atom is 0.0784 e. The van der Waals surface area contributed by atoms with E-state index in [2.05, 4.69) is 39.6 Å². The van der Waals surface area contributed by atoms with Crippen LogP contribution in [0, 0.1) is 10.8 Å². The Morgan fingerprint density at radius 2 is 1.84 bits per heavy atom. The summed E-state index contributed by atoms with van der Waals surface area (Å²) in [5.41, 5.74) is 6.34. The highest BCUT2D eigenvalue weighted by Crippen LogP contribution is 2.36. The molecular weight excluding hydrogens is 252 g/mol. The van der Waals surface area contributed by atoms with Crippen LogP contribution in [0.1, 0.15) is 66.2 Å². The van der Waals surface area contributed by atoms with Gasteiger partial charge < -0.3 is 10.6 Å². The van der Waals surface area contributed by atoms with Crippen LogP contribution >= 0.6 is 12.2 Å². The highest BCUT2D eigenvalue weighted by Gasteiger charge is 2.29. The SMILES string of the molecule is CN(CCCC(C)(C)C(N)=S)C1CCC(C)(C)CC1. The highest BCUT2D eigenvalue weighted by atomic mass is 32.1. The number of thiocarbonyl (C=S) groups is 1. The van der Waals surface area contributed by atoms with E-state index in [1.54, 1.807) is 0 Å². The molecule has 0 unspecified atom stereocenters. The van der Waals surface area contributed by atoms with Crippen molar-refractivity contribution >= 4 is 17.2 Å². The molecule has 0 aromatic heterocycles. The summed E-state index contributed by atoms with van der Waals surface area (Å²) in [6, 6.07) is 0.779. The molecule has 0 atom stereocenters. The van der Waals surface area contributed by atoms with Gasteiger partial charge in [-0.05, 0) is 57.5 Å². The zero-order valence-electron chi connectivity index (χ0n) is 13.5. The average Bonchev–Trinajstić information content (AvgIpc) is 2.28. The summed E-state index contributed by atoms with van der Waals surface area (Å²) in [7, 11) is 2.27. The van der Waals surface area contributed by atoms with Gasteiger partial charge in [-0.3, -0.25) is 0 Å². The molecule has 0 heterocycles. The minimum atomic E-state index is 0.00469. The first-order chi connectivity index (χ1) is 8.64.